The van der Waals surface area contributed by atoms with E-state index in [-0.39, 0.29) is 24.0 Å². The van der Waals surface area contributed by atoms with Crippen molar-refractivity contribution in [3.05, 3.63) is 45.1 Å². The number of pyridine rings is 2. The van der Waals surface area contributed by atoms with Gasteiger partial charge in [-0.2, -0.15) is 0 Å². The average molecular weight is 527 g/mol. The first-order valence-corrected chi connectivity index (χ1v) is 13.4. The molecular formula is C28H35FN4O5. The van der Waals surface area contributed by atoms with Crippen LogP contribution in [0.4, 0.5) is 14.9 Å². The van der Waals surface area contributed by atoms with Gasteiger partial charge in [-0.1, -0.05) is 0 Å². The summed E-state index contributed by atoms with van der Waals surface area (Å²) in [5.74, 6) is -0.355. The van der Waals surface area contributed by atoms with Gasteiger partial charge in [-0.3, -0.25) is 19.1 Å². The van der Waals surface area contributed by atoms with Crippen LogP contribution in [-0.2, 0) is 9.47 Å². The minimum Gasteiger partial charge on any atom is -0.462 e. The van der Waals surface area contributed by atoms with Crippen LogP contribution in [0.1, 0.15) is 74.4 Å². The number of fused-ring (bicyclic) bond motifs is 1. The van der Waals surface area contributed by atoms with Gasteiger partial charge in [0.15, 0.2) is 5.82 Å². The number of amidine groups is 1. The Kier molecular flexibility index (Phi) is 6.69. The van der Waals surface area contributed by atoms with Gasteiger partial charge in [0.25, 0.3) is 5.56 Å². The van der Waals surface area contributed by atoms with Gasteiger partial charge in [-0.25, -0.2) is 14.0 Å². The summed E-state index contributed by atoms with van der Waals surface area (Å²) in [6.07, 6.45) is 3.41. The molecule has 1 saturated carbocycles. The number of nitrogens with zero attached hydrogens (tertiary/aromatic N) is 4. The molecule has 1 amide bonds. The summed E-state index contributed by atoms with van der Waals surface area (Å²) in [6, 6.07) is 1.64. The van der Waals surface area contributed by atoms with E-state index < -0.39 is 29.0 Å². The standard InChI is InChI=1S/C28H35FN4O5/c1-6-37-26(35)20-13-19(17-7-8-17)22-16(2)23(21(29)15-33(22)25(20)34)31-11-9-18(14-31)24-30-10-12-32(24)27(36)38-28(3,4)5/h13,15,17-18H,6-12,14H2,1-5H3. The fourth-order valence-electron chi connectivity index (χ4n) is 5.58. The number of halogens is 1. The first-order chi connectivity index (χ1) is 18.0. The molecule has 0 radical (unpaired) electrons. The number of anilines is 1. The minimum absolute atomic E-state index is 0.0451. The number of aryl methyl sites for hydroxylation is 1. The van der Waals surface area contributed by atoms with Crippen LogP contribution in [0.5, 0.6) is 0 Å². The fourth-order valence-corrected chi connectivity index (χ4v) is 5.58. The van der Waals surface area contributed by atoms with Gasteiger partial charge >= 0.3 is 12.1 Å². The van der Waals surface area contributed by atoms with Crippen molar-refractivity contribution in [2.24, 2.45) is 10.9 Å². The highest BCUT2D eigenvalue weighted by Crippen LogP contribution is 2.44. The lowest BCUT2D eigenvalue weighted by atomic mass is 10.0. The van der Waals surface area contributed by atoms with Gasteiger partial charge in [-0.05, 0) is 77.0 Å². The number of carbonyl (C=O) groups excluding carboxylic acids is 2. The van der Waals surface area contributed by atoms with Crippen molar-refractivity contribution in [1.29, 1.82) is 0 Å². The van der Waals surface area contributed by atoms with Gasteiger partial charge in [-0.15, -0.1) is 0 Å². The smallest absolute Gasteiger partial charge is 0.415 e. The van der Waals surface area contributed by atoms with Crippen LogP contribution in [0, 0.1) is 18.7 Å². The number of aliphatic imine (C=N–C) groups is 1. The van der Waals surface area contributed by atoms with Gasteiger partial charge in [0.05, 0.1) is 37.1 Å². The first kappa shape index (κ1) is 26.2. The second kappa shape index (κ2) is 9.71. The lowest BCUT2D eigenvalue weighted by Crippen LogP contribution is -2.42. The highest BCUT2D eigenvalue weighted by molar-refractivity contribution is 5.99. The zero-order valence-corrected chi connectivity index (χ0v) is 22.7. The maximum atomic E-state index is 15.7. The molecule has 1 unspecified atom stereocenters. The Bertz CT molecular complexity index is 1390. The predicted molar refractivity (Wildman–Crippen MR) is 142 cm³/mol. The topological polar surface area (TPSA) is 92.9 Å². The third-order valence-corrected chi connectivity index (χ3v) is 7.31. The molecule has 0 bridgehead atoms. The molecule has 1 saturated heterocycles. The summed E-state index contributed by atoms with van der Waals surface area (Å²) in [4.78, 5) is 46.7. The summed E-state index contributed by atoms with van der Waals surface area (Å²) in [6.45, 7) is 11.2. The Morgan fingerprint density at radius 2 is 1.89 bits per heavy atom. The quantitative estimate of drug-likeness (QED) is 0.540. The van der Waals surface area contributed by atoms with Gasteiger partial charge in [0, 0.05) is 19.0 Å². The number of rotatable bonds is 5. The van der Waals surface area contributed by atoms with Crippen LogP contribution in [0.15, 0.2) is 22.1 Å². The molecule has 38 heavy (non-hydrogen) atoms. The van der Waals surface area contributed by atoms with Gasteiger partial charge < -0.3 is 14.4 Å². The molecule has 1 aliphatic carbocycles. The lowest BCUT2D eigenvalue weighted by molar-refractivity contribution is 0.0377. The van der Waals surface area contributed by atoms with Crippen molar-refractivity contribution in [1.82, 2.24) is 9.30 Å². The maximum Gasteiger partial charge on any atom is 0.415 e. The molecule has 0 spiro atoms. The average Bonchev–Trinajstić information content (AvgIpc) is 3.35. The van der Waals surface area contributed by atoms with Crippen molar-refractivity contribution < 1.29 is 23.5 Å². The maximum absolute atomic E-state index is 15.7. The second-order valence-corrected chi connectivity index (χ2v) is 11.3. The number of aromatic nitrogens is 1. The number of hydrogen-bond donors (Lipinski definition) is 0. The zero-order valence-electron chi connectivity index (χ0n) is 22.7. The van der Waals surface area contributed by atoms with Crippen molar-refractivity contribution in [2.45, 2.75) is 65.4 Å². The van der Waals surface area contributed by atoms with E-state index in [9.17, 15) is 14.4 Å². The molecule has 2 aromatic heterocycles. The van der Waals surface area contributed by atoms with Crippen LogP contribution in [0.25, 0.3) is 5.52 Å². The van der Waals surface area contributed by atoms with Crippen molar-refractivity contribution >= 4 is 29.1 Å². The van der Waals surface area contributed by atoms with Crippen LogP contribution in [0.3, 0.4) is 0 Å². The summed E-state index contributed by atoms with van der Waals surface area (Å²) < 4.78 is 27.6. The fraction of sp³-hybridized carbons (Fsp3) is 0.571. The summed E-state index contributed by atoms with van der Waals surface area (Å²) in [5.41, 5.74) is 1.38. The Morgan fingerprint density at radius 1 is 1.16 bits per heavy atom. The van der Waals surface area contributed by atoms with E-state index in [4.69, 9.17) is 9.47 Å². The number of amides is 1. The van der Waals surface area contributed by atoms with Gasteiger partial charge in [0.2, 0.25) is 0 Å². The third kappa shape index (κ3) is 4.76. The van der Waals surface area contributed by atoms with Crippen LogP contribution < -0.4 is 10.5 Å². The van der Waals surface area contributed by atoms with E-state index in [1.807, 2.05) is 32.6 Å². The highest BCUT2D eigenvalue weighted by atomic mass is 19.1. The van der Waals surface area contributed by atoms with E-state index in [2.05, 4.69) is 4.99 Å². The molecule has 0 aromatic carbocycles. The molecule has 2 aromatic rings. The first-order valence-electron chi connectivity index (χ1n) is 13.4. The Labute approximate surface area is 221 Å². The summed E-state index contributed by atoms with van der Waals surface area (Å²) in [7, 11) is 0. The molecule has 9 nitrogen and oxygen atoms in total. The molecule has 2 fully saturated rings. The van der Waals surface area contributed by atoms with E-state index >= 15 is 4.39 Å². The number of ether oxygens (including phenoxy) is 2. The van der Waals surface area contributed by atoms with E-state index in [1.54, 1.807) is 17.9 Å². The zero-order chi connectivity index (χ0) is 27.4. The van der Waals surface area contributed by atoms with E-state index in [0.29, 0.717) is 55.2 Å². The predicted octanol–water partition coefficient (Wildman–Crippen LogP) is 4.28. The highest BCUT2D eigenvalue weighted by Gasteiger charge is 2.38. The van der Waals surface area contributed by atoms with Crippen LogP contribution in [0.2, 0.25) is 0 Å². The van der Waals surface area contributed by atoms with E-state index in [1.165, 1.54) is 10.6 Å². The largest absolute Gasteiger partial charge is 0.462 e. The van der Waals surface area contributed by atoms with Gasteiger partial charge in [0.1, 0.15) is 17.0 Å². The molecule has 1 atom stereocenters. The van der Waals surface area contributed by atoms with Crippen LogP contribution in [-0.4, -0.2) is 65.6 Å². The number of hydrogen-bond acceptors (Lipinski definition) is 7. The normalized spacial score (nSPS) is 19.7. The molecule has 4 heterocycles. The molecule has 204 valence electrons. The molecule has 10 heteroatoms. The number of carbonyl (C=O) groups is 2. The van der Waals surface area contributed by atoms with Crippen molar-refractivity contribution in [3.8, 4) is 0 Å². The Morgan fingerprint density at radius 3 is 2.55 bits per heavy atom. The molecule has 3 aliphatic rings. The molecule has 5 rings (SSSR count). The molecule has 0 N–H and O–H groups in total. The lowest BCUT2D eigenvalue weighted by Gasteiger charge is -2.27. The monoisotopic (exact) mass is 526 g/mol. The Balaban J connectivity index is 1.48. The van der Waals surface area contributed by atoms with Crippen LogP contribution >= 0.6 is 0 Å². The van der Waals surface area contributed by atoms with Crippen molar-refractivity contribution in [3.63, 3.8) is 0 Å². The Hall–Kier alpha value is -3.43. The summed E-state index contributed by atoms with van der Waals surface area (Å²) >= 11 is 0. The summed E-state index contributed by atoms with van der Waals surface area (Å²) in [5, 5.41) is 0. The van der Waals surface area contributed by atoms with Crippen molar-refractivity contribution in [2.75, 3.05) is 37.7 Å². The SMILES string of the molecule is CCOC(=O)c1cc(C2CC2)c2c(C)c(N3CCC(C4=NCCN4C(=O)OC(C)(C)C)C3)c(F)cn2c1=O. The minimum atomic E-state index is -0.690. The second-order valence-electron chi connectivity index (χ2n) is 11.3. The third-order valence-electron chi connectivity index (χ3n) is 7.31. The van der Waals surface area contributed by atoms with E-state index in [0.717, 1.165) is 18.4 Å². The molecular weight excluding hydrogens is 491 g/mol. The molecule has 2 aliphatic heterocycles. The number of esters is 1.